The standard InChI is InChI=1S/C24H32O3/c1-3-23-8-6-17-16-5-4-15(25)11-14(16)10-13(2)21(17)22(23)18-12-19(18)24(23)9-7-20(26)27-24/h7,9,11,13,16-22,26H,3-6,8,10,12H2,1-2H3/t13-,16-,17?,18+,19-,20?,21?,22?,23-,24-/m0/s1. The quantitative estimate of drug-likeness (QED) is 0.703. The van der Waals surface area contributed by atoms with Crippen molar-refractivity contribution in [3.05, 3.63) is 23.8 Å². The van der Waals surface area contributed by atoms with Crippen molar-refractivity contribution in [1.82, 2.24) is 0 Å². The highest BCUT2D eigenvalue weighted by Gasteiger charge is 2.78. The lowest BCUT2D eigenvalue weighted by molar-refractivity contribution is -0.205. The van der Waals surface area contributed by atoms with E-state index in [-0.39, 0.29) is 11.0 Å². The van der Waals surface area contributed by atoms with Gasteiger partial charge in [0.15, 0.2) is 12.1 Å². The lowest BCUT2D eigenvalue weighted by atomic mass is 9.46. The van der Waals surface area contributed by atoms with Gasteiger partial charge in [0.2, 0.25) is 0 Å². The molecule has 4 unspecified atom stereocenters. The van der Waals surface area contributed by atoms with Gasteiger partial charge in [-0.3, -0.25) is 4.79 Å². The van der Waals surface area contributed by atoms with Gasteiger partial charge in [0.05, 0.1) is 5.60 Å². The smallest absolute Gasteiger partial charge is 0.175 e. The molecule has 3 nitrogen and oxygen atoms in total. The molecular weight excluding hydrogens is 336 g/mol. The number of aliphatic hydroxyl groups excluding tert-OH is 1. The van der Waals surface area contributed by atoms with Crippen LogP contribution in [0.4, 0.5) is 0 Å². The first-order valence-electron chi connectivity index (χ1n) is 11.3. The van der Waals surface area contributed by atoms with Crippen LogP contribution in [0.2, 0.25) is 0 Å². The monoisotopic (exact) mass is 368 g/mol. The molecule has 4 fully saturated rings. The second kappa shape index (κ2) is 5.36. The number of carbonyl (C=O) groups excluding carboxylic acids is 1. The Hall–Kier alpha value is -0.930. The third kappa shape index (κ3) is 1.93. The van der Waals surface area contributed by atoms with E-state index in [0.29, 0.717) is 23.5 Å². The Morgan fingerprint density at radius 1 is 1.30 bits per heavy atom. The van der Waals surface area contributed by atoms with E-state index < -0.39 is 6.29 Å². The number of rotatable bonds is 1. The predicted octanol–water partition coefficient (Wildman–Crippen LogP) is 4.26. The van der Waals surface area contributed by atoms with Gasteiger partial charge in [0.1, 0.15) is 0 Å². The number of ether oxygens (including phenoxy) is 1. The first-order valence-corrected chi connectivity index (χ1v) is 11.3. The highest BCUT2D eigenvalue weighted by atomic mass is 16.6. The van der Waals surface area contributed by atoms with Crippen LogP contribution in [-0.2, 0) is 9.53 Å². The molecule has 146 valence electrons. The van der Waals surface area contributed by atoms with E-state index in [1.54, 1.807) is 0 Å². The van der Waals surface area contributed by atoms with Crippen molar-refractivity contribution in [3.8, 4) is 0 Å². The SMILES string of the molecule is CC[C@]12CCC3C(C1[C@@H]1C[C@@H]1[C@@]21C=CC(O)O1)[C@@H](C)CC1=CC(=O)CC[C@@H]13. The Labute approximate surface area is 162 Å². The van der Waals surface area contributed by atoms with Crippen LogP contribution in [0.3, 0.4) is 0 Å². The molecule has 0 aromatic rings. The van der Waals surface area contributed by atoms with Crippen LogP contribution in [0.25, 0.3) is 0 Å². The van der Waals surface area contributed by atoms with Gasteiger partial charge in [0.25, 0.3) is 0 Å². The topological polar surface area (TPSA) is 46.5 Å². The highest BCUT2D eigenvalue weighted by Crippen LogP contribution is 2.79. The first-order chi connectivity index (χ1) is 13.0. The molecule has 0 bridgehead atoms. The van der Waals surface area contributed by atoms with Gasteiger partial charge in [-0.25, -0.2) is 0 Å². The zero-order valence-electron chi connectivity index (χ0n) is 16.6. The molecule has 27 heavy (non-hydrogen) atoms. The number of aliphatic hydroxyl groups is 1. The Morgan fingerprint density at radius 2 is 2.15 bits per heavy atom. The molecule has 6 rings (SSSR count). The molecule has 0 amide bonds. The van der Waals surface area contributed by atoms with E-state index in [1.807, 2.05) is 12.2 Å². The summed E-state index contributed by atoms with van der Waals surface area (Å²) in [4.78, 5) is 12.0. The summed E-state index contributed by atoms with van der Waals surface area (Å²) in [7, 11) is 0. The van der Waals surface area contributed by atoms with Crippen LogP contribution < -0.4 is 0 Å². The van der Waals surface area contributed by atoms with E-state index in [2.05, 4.69) is 19.9 Å². The molecule has 1 aliphatic heterocycles. The maximum Gasteiger partial charge on any atom is 0.175 e. The van der Waals surface area contributed by atoms with Crippen LogP contribution in [-0.4, -0.2) is 22.8 Å². The maximum atomic E-state index is 12.0. The van der Waals surface area contributed by atoms with Gasteiger partial charge in [-0.2, -0.15) is 0 Å². The van der Waals surface area contributed by atoms with Gasteiger partial charge in [-0.05, 0) is 92.1 Å². The number of ketones is 1. The summed E-state index contributed by atoms with van der Waals surface area (Å²) in [6.07, 6.45) is 13.4. The maximum absolute atomic E-state index is 12.0. The molecule has 4 saturated carbocycles. The van der Waals surface area contributed by atoms with Gasteiger partial charge in [0, 0.05) is 11.8 Å². The van der Waals surface area contributed by atoms with Crippen molar-refractivity contribution in [2.24, 2.45) is 46.8 Å². The number of hydrogen-bond donors (Lipinski definition) is 1. The van der Waals surface area contributed by atoms with Crippen LogP contribution in [0.15, 0.2) is 23.8 Å². The second-order valence-electron chi connectivity index (χ2n) is 10.5. The molecule has 1 spiro atoms. The van der Waals surface area contributed by atoms with Crippen LogP contribution in [0.1, 0.15) is 58.8 Å². The van der Waals surface area contributed by atoms with Crippen molar-refractivity contribution < 1.29 is 14.6 Å². The molecule has 5 aliphatic carbocycles. The van der Waals surface area contributed by atoms with E-state index in [4.69, 9.17) is 4.74 Å². The molecule has 0 radical (unpaired) electrons. The largest absolute Gasteiger partial charge is 0.365 e. The number of hydrogen-bond acceptors (Lipinski definition) is 3. The molecule has 10 atom stereocenters. The predicted molar refractivity (Wildman–Crippen MR) is 103 cm³/mol. The summed E-state index contributed by atoms with van der Waals surface area (Å²) in [6.45, 7) is 4.81. The molecular formula is C24H32O3. The van der Waals surface area contributed by atoms with Crippen LogP contribution in [0.5, 0.6) is 0 Å². The van der Waals surface area contributed by atoms with E-state index in [9.17, 15) is 9.90 Å². The van der Waals surface area contributed by atoms with Gasteiger partial charge >= 0.3 is 0 Å². The molecule has 0 aromatic heterocycles. The minimum Gasteiger partial charge on any atom is -0.365 e. The van der Waals surface area contributed by atoms with E-state index in [1.165, 1.54) is 24.8 Å². The fourth-order valence-electron chi connectivity index (χ4n) is 9.05. The number of fused-ring (bicyclic) bond motifs is 9. The first kappa shape index (κ1) is 17.0. The Balaban J connectivity index is 1.42. The highest BCUT2D eigenvalue weighted by molar-refractivity contribution is 5.91. The summed E-state index contributed by atoms with van der Waals surface area (Å²) in [6, 6.07) is 0. The fraction of sp³-hybridized carbons (Fsp3) is 0.792. The number of allylic oxidation sites excluding steroid dienone is 1. The molecule has 6 aliphatic rings. The zero-order chi connectivity index (χ0) is 18.6. The minimum absolute atomic E-state index is 0.204. The summed E-state index contributed by atoms with van der Waals surface area (Å²) >= 11 is 0. The van der Waals surface area contributed by atoms with Crippen molar-refractivity contribution in [2.45, 2.75) is 70.7 Å². The molecule has 0 saturated heterocycles. The Bertz CT molecular complexity index is 753. The second-order valence-corrected chi connectivity index (χ2v) is 10.5. The van der Waals surface area contributed by atoms with Gasteiger partial charge in [-0.15, -0.1) is 0 Å². The van der Waals surface area contributed by atoms with Crippen molar-refractivity contribution in [1.29, 1.82) is 0 Å². The van der Waals surface area contributed by atoms with Crippen LogP contribution >= 0.6 is 0 Å². The minimum atomic E-state index is -0.714. The molecule has 1 N–H and O–H groups in total. The van der Waals surface area contributed by atoms with E-state index in [0.717, 1.165) is 49.4 Å². The zero-order valence-corrected chi connectivity index (χ0v) is 16.6. The summed E-state index contributed by atoms with van der Waals surface area (Å²) in [5.74, 6) is 5.31. The third-order valence-corrected chi connectivity index (χ3v) is 9.81. The van der Waals surface area contributed by atoms with Crippen molar-refractivity contribution >= 4 is 5.78 Å². The third-order valence-electron chi connectivity index (χ3n) is 9.81. The molecule has 3 heteroatoms. The average molecular weight is 369 g/mol. The Morgan fingerprint density at radius 3 is 2.89 bits per heavy atom. The van der Waals surface area contributed by atoms with E-state index >= 15 is 0 Å². The normalized spacial score (nSPS) is 57.7. The average Bonchev–Trinajstić information content (AvgIpc) is 3.30. The fourth-order valence-corrected chi connectivity index (χ4v) is 9.05. The Kier molecular flexibility index (Phi) is 3.37. The molecule has 1 heterocycles. The van der Waals surface area contributed by atoms with Gasteiger partial charge < -0.3 is 9.84 Å². The summed E-state index contributed by atoms with van der Waals surface area (Å²) < 4.78 is 6.35. The molecule has 0 aromatic carbocycles. The summed E-state index contributed by atoms with van der Waals surface area (Å²) in [5.41, 5.74) is 1.46. The van der Waals surface area contributed by atoms with Crippen molar-refractivity contribution in [3.63, 3.8) is 0 Å². The lowest BCUT2D eigenvalue weighted by Crippen LogP contribution is -2.57. The van der Waals surface area contributed by atoms with Gasteiger partial charge in [-0.1, -0.05) is 25.5 Å². The lowest BCUT2D eigenvalue weighted by Gasteiger charge is -2.60. The number of carbonyl (C=O) groups is 1. The van der Waals surface area contributed by atoms with Crippen molar-refractivity contribution in [2.75, 3.05) is 0 Å². The van der Waals surface area contributed by atoms with Crippen LogP contribution in [0, 0.1) is 46.8 Å². The summed E-state index contributed by atoms with van der Waals surface area (Å²) in [5, 5.41) is 10.2.